The summed E-state index contributed by atoms with van der Waals surface area (Å²) in [5.74, 6) is 0.121. The fourth-order valence-electron chi connectivity index (χ4n) is 2.77. The zero-order valence-electron chi connectivity index (χ0n) is 11.1. The van der Waals surface area contributed by atoms with Crippen LogP contribution in [-0.2, 0) is 14.3 Å². The smallest absolute Gasteiger partial charge is 0.251 e. The highest BCUT2D eigenvalue weighted by atomic mass is 16.5. The monoisotopic (exact) mass is 256 g/mol. The molecule has 2 rings (SSSR count). The molecule has 3 unspecified atom stereocenters. The van der Waals surface area contributed by atoms with Crippen LogP contribution in [0.3, 0.4) is 0 Å². The number of hydrogen-bond acceptors (Lipinski definition) is 4. The largest absolute Gasteiger partial charge is 0.377 e. The summed E-state index contributed by atoms with van der Waals surface area (Å²) in [4.78, 5) is 14.2. The highest BCUT2D eigenvalue weighted by Gasteiger charge is 2.34. The molecule has 0 aromatic carbocycles. The van der Waals surface area contributed by atoms with Gasteiger partial charge in [0.05, 0.1) is 12.2 Å². The quantitative estimate of drug-likeness (QED) is 0.796. The summed E-state index contributed by atoms with van der Waals surface area (Å²) in [5, 5.41) is 0. The maximum atomic E-state index is 12.3. The fraction of sp³-hybridized carbons (Fsp3) is 0.923. The Morgan fingerprint density at radius 3 is 2.94 bits per heavy atom. The van der Waals surface area contributed by atoms with E-state index in [2.05, 4.69) is 0 Å². The van der Waals surface area contributed by atoms with Gasteiger partial charge in [-0.2, -0.15) is 0 Å². The standard InChI is InChI=1S/C13H24N2O3/c1-2-17-11-4-3-7-15(9-11)13(16)12-6-5-10(8-14)18-12/h10-12H,2-9,14H2,1H3. The van der Waals surface area contributed by atoms with E-state index in [1.807, 2.05) is 11.8 Å². The number of likely N-dealkylation sites (tertiary alicyclic amines) is 1. The second-order valence-electron chi connectivity index (χ2n) is 5.06. The van der Waals surface area contributed by atoms with E-state index < -0.39 is 0 Å². The summed E-state index contributed by atoms with van der Waals surface area (Å²) in [6.07, 6.45) is 3.74. The minimum Gasteiger partial charge on any atom is -0.377 e. The minimum atomic E-state index is -0.279. The predicted octanol–water partition coefficient (Wildman–Crippen LogP) is 0.520. The maximum Gasteiger partial charge on any atom is 0.251 e. The van der Waals surface area contributed by atoms with Gasteiger partial charge in [-0.1, -0.05) is 0 Å². The van der Waals surface area contributed by atoms with Gasteiger partial charge in [0.25, 0.3) is 5.91 Å². The molecule has 3 atom stereocenters. The Labute approximate surface area is 109 Å². The van der Waals surface area contributed by atoms with E-state index in [4.69, 9.17) is 15.2 Å². The molecule has 0 bridgehead atoms. The Balaban J connectivity index is 1.85. The first-order valence-electron chi connectivity index (χ1n) is 7.00. The molecule has 2 heterocycles. The van der Waals surface area contributed by atoms with Crippen molar-refractivity contribution < 1.29 is 14.3 Å². The van der Waals surface area contributed by atoms with Gasteiger partial charge >= 0.3 is 0 Å². The highest BCUT2D eigenvalue weighted by Crippen LogP contribution is 2.23. The third-order valence-corrected chi connectivity index (χ3v) is 3.74. The van der Waals surface area contributed by atoms with Gasteiger partial charge in [0.15, 0.2) is 0 Å². The zero-order valence-corrected chi connectivity index (χ0v) is 11.1. The average molecular weight is 256 g/mol. The number of nitrogens with two attached hydrogens (primary N) is 1. The van der Waals surface area contributed by atoms with Crippen LogP contribution in [0.4, 0.5) is 0 Å². The van der Waals surface area contributed by atoms with Crippen molar-refractivity contribution >= 4 is 5.91 Å². The lowest BCUT2D eigenvalue weighted by molar-refractivity contribution is -0.146. The highest BCUT2D eigenvalue weighted by molar-refractivity contribution is 5.81. The van der Waals surface area contributed by atoms with Crippen molar-refractivity contribution in [3.8, 4) is 0 Å². The van der Waals surface area contributed by atoms with E-state index in [0.29, 0.717) is 19.7 Å². The topological polar surface area (TPSA) is 64.8 Å². The number of ether oxygens (including phenoxy) is 2. The normalized spacial score (nSPS) is 32.8. The van der Waals surface area contributed by atoms with E-state index >= 15 is 0 Å². The molecule has 18 heavy (non-hydrogen) atoms. The number of hydrogen-bond donors (Lipinski definition) is 1. The molecule has 0 aromatic rings. The Kier molecular flexibility index (Phi) is 4.97. The summed E-state index contributed by atoms with van der Waals surface area (Å²) in [6, 6.07) is 0. The molecule has 0 aromatic heterocycles. The van der Waals surface area contributed by atoms with Gasteiger partial charge in [-0.05, 0) is 32.6 Å². The zero-order chi connectivity index (χ0) is 13.0. The van der Waals surface area contributed by atoms with Gasteiger partial charge < -0.3 is 20.1 Å². The molecule has 1 amide bonds. The van der Waals surface area contributed by atoms with Crippen LogP contribution in [0.25, 0.3) is 0 Å². The van der Waals surface area contributed by atoms with E-state index in [0.717, 1.165) is 32.2 Å². The first kappa shape index (κ1) is 13.8. The first-order valence-corrected chi connectivity index (χ1v) is 7.00. The summed E-state index contributed by atoms with van der Waals surface area (Å²) in [5.41, 5.74) is 5.57. The molecule has 0 aliphatic carbocycles. The molecule has 2 N–H and O–H groups in total. The molecular formula is C13H24N2O3. The van der Waals surface area contributed by atoms with Crippen LogP contribution >= 0.6 is 0 Å². The van der Waals surface area contributed by atoms with Crippen molar-refractivity contribution in [3.63, 3.8) is 0 Å². The fourth-order valence-corrected chi connectivity index (χ4v) is 2.77. The number of amides is 1. The van der Waals surface area contributed by atoms with Crippen LogP contribution < -0.4 is 5.73 Å². The lowest BCUT2D eigenvalue weighted by Crippen LogP contribution is -2.47. The number of rotatable bonds is 4. The van der Waals surface area contributed by atoms with Crippen LogP contribution in [0, 0.1) is 0 Å². The molecule has 2 aliphatic rings. The maximum absolute atomic E-state index is 12.3. The molecule has 0 spiro atoms. The van der Waals surface area contributed by atoms with Crippen molar-refractivity contribution in [1.82, 2.24) is 4.90 Å². The number of piperidine rings is 1. The number of carbonyl (C=O) groups excluding carboxylic acids is 1. The Morgan fingerprint density at radius 2 is 2.28 bits per heavy atom. The average Bonchev–Trinajstić information content (AvgIpc) is 2.87. The van der Waals surface area contributed by atoms with E-state index in [-0.39, 0.29) is 24.2 Å². The van der Waals surface area contributed by atoms with Gasteiger partial charge in [-0.3, -0.25) is 4.79 Å². The molecule has 0 radical (unpaired) electrons. The van der Waals surface area contributed by atoms with Crippen molar-refractivity contribution in [2.45, 2.75) is 50.9 Å². The second-order valence-corrected chi connectivity index (χ2v) is 5.06. The number of carbonyl (C=O) groups is 1. The van der Waals surface area contributed by atoms with Crippen LogP contribution in [0.5, 0.6) is 0 Å². The third kappa shape index (κ3) is 3.22. The summed E-state index contributed by atoms with van der Waals surface area (Å²) in [7, 11) is 0. The second kappa shape index (κ2) is 6.50. The van der Waals surface area contributed by atoms with Gasteiger partial charge in [0, 0.05) is 26.2 Å². The van der Waals surface area contributed by atoms with Crippen LogP contribution in [0.2, 0.25) is 0 Å². The van der Waals surface area contributed by atoms with Crippen molar-refractivity contribution in [1.29, 1.82) is 0 Å². The van der Waals surface area contributed by atoms with Crippen LogP contribution in [-0.4, -0.2) is 55.4 Å². The summed E-state index contributed by atoms with van der Waals surface area (Å²) < 4.78 is 11.3. The Bertz CT molecular complexity index is 283. The molecular weight excluding hydrogens is 232 g/mol. The van der Waals surface area contributed by atoms with Gasteiger partial charge in [0.2, 0.25) is 0 Å². The minimum absolute atomic E-state index is 0.0615. The molecule has 2 aliphatic heterocycles. The van der Waals surface area contributed by atoms with Crippen molar-refractivity contribution in [2.24, 2.45) is 5.73 Å². The predicted molar refractivity (Wildman–Crippen MR) is 68.2 cm³/mol. The molecule has 5 heteroatoms. The van der Waals surface area contributed by atoms with Crippen LogP contribution in [0.15, 0.2) is 0 Å². The summed E-state index contributed by atoms with van der Waals surface area (Å²) in [6.45, 7) is 4.75. The van der Waals surface area contributed by atoms with Crippen LogP contribution in [0.1, 0.15) is 32.6 Å². The van der Waals surface area contributed by atoms with Gasteiger partial charge in [-0.25, -0.2) is 0 Å². The van der Waals surface area contributed by atoms with E-state index in [1.54, 1.807) is 0 Å². The summed E-state index contributed by atoms with van der Waals surface area (Å²) >= 11 is 0. The Hall–Kier alpha value is -0.650. The van der Waals surface area contributed by atoms with Gasteiger partial charge in [-0.15, -0.1) is 0 Å². The molecule has 104 valence electrons. The lowest BCUT2D eigenvalue weighted by atomic mass is 10.1. The van der Waals surface area contributed by atoms with Crippen molar-refractivity contribution in [3.05, 3.63) is 0 Å². The molecule has 2 fully saturated rings. The molecule has 0 saturated carbocycles. The Morgan fingerprint density at radius 1 is 1.44 bits per heavy atom. The SMILES string of the molecule is CCOC1CCCN(C(=O)C2CCC(CN)O2)C1. The third-order valence-electron chi connectivity index (χ3n) is 3.74. The van der Waals surface area contributed by atoms with E-state index in [9.17, 15) is 4.79 Å². The van der Waals surface area contributed by atoms with Crippen molar-refractivity contribution in [2.75, 3.05) is 26.2 Å². The van der Waals surface area contributed by atoms with Gasteiger partial charge in [0.1, 0.15) is 6.10 Å². The molecule has 5 nitrogen and oxygen atoms in total. The molecule has 2 saturated heterocycles. The first-order chi connectivity index (χ1) is 8.74. The number of nitrogens with zero attached hydrogens (tertiary/aromatic N) is 1. The van der Waals surface area contributed by atoms with E-state index in [1.165, 1.54) is 0 Å². The lowest BCUT2D eigenvalue weighted by Gasteiger charge is -2.33.